The van der Waals surface area contributed by atoms with Gasteiger partial charge in [-0.3, -0.25) is 0 Å². The van der Waals surface area contributed by atoms with Gasteiger partial charge in [0.15, 0.2) is 6.10 Å². The fourth-order valence-corrected chi connectivity index (χ4v) is 1.48. The van der Waals surface area contributed by atoms with Crippen molar-refractivity contribution >= 4 is 5.97 Å². The first-order valence-electron chi connectivity index (χ1n) is 5.71. The molecule has 18 heavy (non-hydrogen) atoms. The van der Waals surface area contributed by atoms with Crippen molar-refractivity contribution in [2.45, 2.75) is 32.3 Å². The molecule has 0 fully saturated rings. The maximum atomic E-state index is 11.0. The average Bonchev–Trinajstić information content (AvgIpc) is 2.34. The number of nitrogens with zero attached hydrogens (tertiary/aromatic N) is 1. The fraction of sp³-hybridized carbons (Fsp3) is 0.385. The van der Waals surface area contributed by atoms with Crippen molar-refractivity contribution in [3.05, 3.63) is 23.8 Å². The normalized spacial score (nSPS) is 11.6. The van der Waals surface area contributed by atoms with Crippen LogP contribution >= 0.6 is 0 Å². The number of ether oxygens (including phenoxy) is 1. The molecule has 5 heteroatoms. The third kappa shape index (κ3) is 3.67. The van der Waals surface area contributed by atoms with Gasteiger partial charge in [0.05, 0.1) is 5.56 Å². The Morgan fingerprint density at radius 2 is 2.28 bits per heavy atom. The van der Waals surface area contributed by atoms with Gasteiger partial charge < -0.3 is 14.9 Å². The van der Waals surface area contributed by atoms with Gasteiger partial charge in [-0.1, -0.05) is 13.3 Å². The first kappa shape index (κ1) is 13.8. The molecule has 0 saturated carbocycles. The lowest BCUT2D eigenvalue weighted by Crippen LogP contribution is -2.27. The highest BCUT2D eigenvalue weighted by Gasteiger charge is 2.20. The summed E-state index contributed by atoms with van der Waals surface area (Å²) in [5, 5.41) is 27.2. The minimum Gasteiger partial charge on any atom is -0.508 e. The van der Waals surface area contributed by atoms with Gasteiger partial charge in [-0.2, -0.15) is 5.26 Å². The second-order valence-electron chi connectivity index (χ2n) is 3.88. The van der Waals surface area contributed by atoms with Crippen molar-refractivity contribution in [2.75, 3.05) is 0 Å². The molecule has 0 radical (unpaired) electrons. The number of nitriles is 1. The molecular formula is C13H15NO4. The van der Waals surface area contributed by atoms with E-state index >= 15 is 0 Å². The van der Waals surface area contributed by atoms with Gasteiger partial charge in [0.1, 0.15) is 17.6 Å². The smallest absolute Gasteiger partial charge is 0.344 e. The lowest BCUT2D eigenvalue weighted by atomic mass is 10.1. The Bertz CT molecular complexity index is 465. The van der Waals surface area contributed by atoms with Gasteiger partial charge in [-0.25, -0.2) is 4.79 Å². The molecule has 5 nitrogen and oxygen atoms in total. The van der Waals surface area contributed by atoms with Crippen molar-refractivity contribution in [3.63, 3.8) is 0 Å². The summed E-state index contributed by atoms with van der Waals surface area (Å²) in [6, 6.07) is 5.89. The van der Waals surface area contributed by atoms with Crippen LogP contribution in [-0.2, 0) is 4.79 Å². The van der Waals surface area contributed by atoms with Crippen molar-refractivity contribution in [1.29, 1.82) is 5.26 Å². The number of aromatic hydroxyl groups is 1. The van der Waals surface area contributed by atoms with Gasteiger partial charge in [0.25, 0.3) is 0 Å². The highest BCUT2D eigenvalue weighted by atomic mass is 16.5. The maximum Gasteiger partial charge on any atom is 0.344 e. The van der Waals surface area contributed by atoms with Crippen LogP contribution in [0.25, 0.3) is 0 Å². The number of hydrogen-bond donors (Lipinski definition) is 2. The van der Waals surface area contributed by atoms with Gasteiger partial charge in [-0.05, 0) is 25.0 Å². The minimum atomic E-state index is -1.07. The standard InChI is InChI=1S/C13H15NO4/c1-2-3-4-11(13(16)17)18-12-7-10(15)6-5-9(12)8-14/h5-7,11,15H,2-4H2,1H3,(H,16,17). The van der Waals surface area contributed by atoms with Gasteiger partial charge in [0.2, 0.25) is 0 Å². The number of aliphatic carboxylic acids is 1. The van der Waals surface area contributed by atoms with E-state index in [0.29, 0.717) is 6.42 Å². The monoisotopic (exact) mass is 249 g/mol. The number of carboxylic acids is 1. The summed E-state index contributed by atoms with van der Waals surface area (Å²) >= 11 is 0. The molecule has 0 aliphatic rings. The first-order valence-corrected chi connectivity index (χ1v) is 5.71. The number of rotatable bonds is 6. The summed E-state index contributed by atoms with van der Waals surface area (Å²) in [6.45, 7) is 1.95. The van der Waals surface area contributed by atoms with Gasteiger partial charge in [0, 0.05) is 6.07 Å². The van der Waals surface area contributed by atoms with Crippen LogP contribution in [0.4, 0.5) is 0 Å². The van der Waals surface area contributed by atoms with E-state index in [2.05, 4.69) is 0 Å². The second kappa shape index (κ2) is 6.50. The van der Waals surface area contributed by atoms with Crippen LogP contribution in [0, 0.1) is 11.3 Å². The third-order valence-electron chi connectivity index (χ3n) is 2.45. The zero-order valence-electron chi connectivity index (χ0n) is 10.1. The molecule has 1 aromatic carbocycles. The molecule has 0 saturated heterocycles. The van der Waals surface area contributed by atoms with Crippen molar-refractivity contribution in [3.8, 4) is 17.6 Å². The predicted molar refractivity (Wildman–Crippen MR) is 64.4 cm³/mol. The fourth-order valence-electron chi connectivity index (χ4n) is 1.48. The quantitative estimate of drug-likeness (QED) is 0.807. The summed E-state index contributed by atoms with van der Waals surface area (Å²) in [6.07, 6.45) is 0.946. The molecule has 1 aromatic rings. The molecule has 0 amide bonds. The average molecular weight is 249 g/mol. The Kier molecular flexibility index (Phi) is 5.00. The van der Waals surface area contributed by atoms with E-state index in [1.165, 1.54) is 18.2 Å². The molecule has 1 unspecified atom stereocenters. The first-order chi connectivity index (χ1) is 8.58. The van der Waals surface area contributed by atoms with Crippen LogP contribution in [0.1, 0.15) is 31.7 Å². The summed E-state index contributed by atoms with van der Waals surface area (Å²) in [5.41, 5.74) is 0.204. The van der Waals surface area contributed by atoms with Crippen LogP contribution in [0.15, 0.2) is 18.2 Å². The summed E-state index contributed by atoms with van der Waals surface area (Å²) in [7, 11) is 0. The van der Waals surface area contributed by atoms with Crippen molar-refractivity contribution in [2.24, 2.45) is 0 Å². The Hall–Kier alpha value is -2.22. The number of carbonyl (C=O) groups is 1. The van der Waals surface area contributed by atoms with Crippen LogP contribution in [0.2, 0.25) is 0 Å². The van der Waals surface area contributed by atoms with E-state index < -0.39 is 12.1 Å². The second-order valence-corrected chi connectivity index (χ2v) is 3.88. The third-order valence-corrected chi connectivity index (χ3v) is 2.45. The molecule has 0 bridgehead atoms. The molecule has 96 valence electrons. The molecule has 0 aromatic heterocycles. The maximum absolute atomic E-state index is 11.0. The lowest BCUT2D eigenvalue weighted by molar-refractivity contribution is -0.145. The summed E-state index contributed by atoms with van der Waals surface area (Å²) < 4.78 is 5.30. The van der Waals surface area contributed by atoms with E-state index in [9.17, 15) is 9.90 Å². The van der Waals surface area contributed by atoms with Crippen LogP contribution < -0.4 is 4.74 Å². The van der Waals surface area contributed by atoms with Gasteiger partial charge >= 0.3 is 5.97 Å². The number of unbranched alkanes of at least 4 members (excludes halogenated alkanes) is 1. The largest absolute Gasteiger partial charge is 0.508 e. The topological polar surface area (TPSA) is 90.5 Å². The number of carboxylic acid groups (broad SMARTS) is 1. The molecular weight excluding hydrogens is 234 g/mol. The minimum absolute atomic E-state index is 0.0661. The Balaban J connectivity index is 2.89. The summed E-state index contributed by atoms with van der Waals surface area (Å²) in [5.74, 6) is -1.04. The number of phenolic OH excluding ortho intramolecular Hbond substituents is 1. The van der Waals surface area contributed by atoms with E-state index in [1.54, 1.807) is 0 Å². The molecule has 1 atom stereocenters. The highest BCUT2D eigenvalue weighted by Crippen LogP contribution is 2.25. The van der Waals surface area contributed by atoms with Crippen molar-refractivity contribution < 1.29 is 19.7 Å². The number of phenols is 1. The summed E-state index contributed by atoms with van der Waals surface area (Å²) in [4.78, 5) is 11.0. The Morgan fingerprint density at radius 1 is 1.56 bits per heavy atom. The SMILES string of the molecule is CCCCC(Oc1cc(O)ccc1C#N)C(=O)O. The molecule has 0 spiro atoms. The zero-order chi connectivity index (χ0) is 13.5. The Labute approximate surface area is 105 Å². The highest BCUT2D eigenvalue weighted by molar-refractivity contribution is 5.73. The van der Waals surface area contributed by atoms with E-state index in [-0.39, 0.29) is 17.1 Å². The predicted octanol–water partition coefficient (Wildman–Crippen LogP) is 2.29. The van der Waals surface area contributed by atoms with E-state index in [1.807, 2.05) is 13.0 Å². The zero-order valence-corrected chi connectivity index (χ0v) is 10.1. The molecule has 0 aliphatic heterocycles. The van der Waals surface area contributed by atoms with Crippen LogP contribution in [0.5, 0.6) is 11.5 Å². The van der Waals surface area contributed by atoms with E-state index in [4.69, 9.17) is 15.1 Å². The van der Waals surface area contributed by atoms with E-state index in [0.717, 1.165) is 12.8 Å². The van der Waals surface area contributed by atoms with Crippen LogP contribution in [-0.4, -0.2) is 22.3 Å². The van der Waals surface area contributed by atoms with Crippen LogP contribution in [0.3, 0.4) is 0 Å². The molecule has 2 N–H and O–H groups in total. The van der Waals surface area contributed by atoms with Crippen molar-refractivity contribution in [1.82, 2.24) is 0 Å². The number of benzene rings is 1. The van der Waals surface area contributed by atoms with Gasteiger partial charge in [-0.15, -0.1) is 0 Å². The lowest BCUT2D eigenvalue weighted by Gasteiger charge is -2.15. The molecule has 0 heterocycles. The number of hydrogen-bond acceptors (Lipinski definition) is 4. The Morgan fingerprint density at radius 3 is 2.83 bits per heavy atom. The molecule has 0 aliphatic carbocycles. The molecule has 1 rings (SSSR count).